The van der Waals surface area contributed by atoms with Crippen LogP contribution in [0.5, 0.6) is 0 Å². The molecule has 0 amide bonds. The molecule has 0 rings (SSSR count). The van der Waals surface area contributed by atoms with Crippen LogP contribution in [0.3, 0.4) is 0 Å². The van der Waals surface area contributed by atoms with Gasteiger partial charge in [-0.2, -0.15) is 0 Å². The minimum absolute atomic E-state index is 0. The summed E-state index contributed by atoms with van der Waals surface area (Å²) in [4.78, 5) is 0. The molecule has 0 bridgehead atoms. The van der Waals surface area contributed by atoms with E-state index < -0.39 is 0 Å². The first-order chi connectivity index (χ1) is 6.91. The number of nitrogens with one attached hydrogen (secondary N) is 1. The summed E-state index contributed by atoms with van der Waals surface area (Å²) in [6, 6.07) is 0. The zero-order chi connectivity index (χ0) is 11.7. The fraction of sp³-hybridized carbons (Fsp3) is 1.00. The molecule has 0 fully saturated rings. The molecule has 0 aromatic rings. The van der Waals surface area contributed by atoms with Gasteiger partial charge in [0, 0.05) is 0 Å². The predicted molar refractivity (Wildman–Crippen MR) is 76.6 cm³/mol. The van der Waals surface area contributed by atoms with Crippen LogP contribution in [-0.2, 0) is 37.5 Å². The normalized spacial score (nSPS) is 5.80. The molecule has 0 aromatic carbocycles. The summed E-state index contributed by atoms with van der Waals surface area (Å²) in [5, 5.41) is 3.29. The van der Waals surface area contributed by atoms with Crippen LogP contribution in [0.25, 0.3) is 0 Å². The first-order valence-electron chi connectivity index (χ1n) is 4.26. The van der Waals surface area contributed by atoms with Crippen molar-refractivity contribution in [3.8, 4) is 0 Å². The van der Waals surface area contributed by atoms with Crippen LogP contribution in [0.1, 0.15) is 19.3 Å². The van der Waals surface area contributed by atoms with Crippen molar-refractivity contribution in [2.75, 3.05) is 26.2 Å². The van der Waals surface area contributed by atoms with Gasteiger partial charge in [0.15, 0.2) is 0 Å². The molecule has 0 aliphatic rings. The molecule has 0 aliphatic heterocycles. The van der Waals surface area contributed by atoms with Gasteiger partial charge in [-0.15, -0.1) is 0 Å². The van der Waals surface area contributed by atoms with Gasteiger partial charge in [-0.25, -0.2) is 0 Å². The quantitative estimate of drug-likeness (QED) is 0.128. The van der Waals surface area contributed by atoms with E-state index in [1.807, 2.05) is 0 Å². The van der Waals surface area contributed by atoms with Crippen LogP contribution in [0, 0.1) is 0 Å². The fourth-order valence-electron chi connectivity index (χ4n) is 0.746. The van der Waals surface area contributed by atoms with Crippen LogP contribution in [0.4, 0.5) is 0 Å². The molecule has 0 radical (unpaired) electrons. The number of unbranched alkanes of at least 4 members (excludes halogenated alkanes) is 1. The van der Waals surface area contributed by atoms with Gasteiger partial charge >= 0.3 is 56.4 Å². The molecule has 0 heterocycles. The van der Waals surface area contributed by atoms with Crippen molar-refractivity contribution in [1.29, 1.82) is 0 Å². The Morgan fingerprint density at radius 2 is 0.950 bits per heavy atom. The van der Waals surface area contributed by atoms with Crippen molar-refractivity contribution in [2.45, 2.75) is 19.3 Å². The van der Waals surface area contributed by atoms with Crippen LogP contribution >= 0.6 is 18.8 Å². The van der Waals surface area contributed by atoms with Gasteiger partial charge in [0.25, 0.3) is 0 Å². The Bertz CT molecular complexity index is 77.1. The average Bonchev–Trinajstić information content (AvgIpc) is 2.29. The molecule has 0 saturated carbocycles. The molecule has 0 aliphatic carbocycles. The van der Waals surface area contributed by atoms with Crippen molar-refractivity contribution >= 4 is 18.8 Å². The van der Waals surface area contributed by atoms with Crippen molar-refractivity contribution in [3.05, 3.63) is 0 Å². The number of nitrogens with two attached hydrogens (primary N) is 2. The van der Waals surface area contributed by atoms with Crippen molar-refractivity contribution < 1.29 is 62.4 Å². The van der Waals surface area contributed by atoms with Gasteiger partial charge in [0.1, 0.15) is 0 Å². The van der Waals surface area contributed by atoms with Gasteiger partial charge in [0.2, 0.25) is 0 Å². The summed E-state index contributed by atoms with van der Waals surface area (Å²) in [6.45, 7) is 3.71. The number of rotatable bonds is 7. The molecule has 7 nitrogen and oxygen atoms in total. The van der Waals surface area contributed by atoms with E-state index >= 15 is 0 Å². The van der Waals surface area contributed by atoms with Crippen LogP contribution in [0.15, 0.2) is 0 Å². The molecule has 0 spiro atoms. The van der Waals surface area contributed by atoms with Crippen LogP contribution in [0.2, 0.25) is 0 Å². The average molecular weight is 745 g/mol. The van der Waals surface area contributed by atoms with E-state index in [-0.39, 0.29) is 49.4 Å². The molecule has 17 N–H and O–H groups in total. The first-order valence-corrected chi connectivity index (χ1v) is 9.89. The Morgan fingerprint density at radius 3 is 1.25 bits per heavy atom. The Balaban J connectivity index is -0.0000000159. The topological polar surface area (TPSA) is 204 Å². The fourth-order valence-corrected chi connectivity index (χ4v) is 0.746. The number of hydrogen-bond donors (Lipinski definition) is 7. The van der Waals surface area contributed by atoms with Gasteiger partial charge < -0.3 is 66.2 Å². The van der Waals surface area contributed by atoms with Crippen molar-refractivity contribution in [3.63, 3.8) is 0 Å². The second-order valence-corrected chi connectivity index (χ2v) is 2.39. The molecule has 0 saturated heterocycles. The summed E-state index contributed by atoms with van der Waals surface area (Å²) in [5.74, 6) is 0. The Labute approximate surface area is 167 Å². The van der Waals surface area contributed by atoms with Crippen molar-refractivity contribution in [2.24, 2.45) is 11.5 Å². The van der Waals surface area contributed by atoms with Crippen molar-refractivity contribution in [1.82, 2.24) is 29.9 Å². The molecule has 0 unspecified atom stereocenters. The van der Waals surface area contributed by atoms with Gasteiger partial charge in [-0.1, -0.05) is 0 Å². The second kappa shape index (κ2) is 82.9. The maximum absolute atomic E-state index is 5.32. The predicted octanol–water partition coefficient (Wildman–Crippen LogP) is -4.31. The molecule has 13 heteroatoms. The third kappa shape index (κ3) is 87.7. The van der Waals surface area contributed by atoms with E-state index in [0.29, 0.717) is 0 Å². The third-order valence-electron chi connectivity index (χ3n) is 1.37. The number of hydrogen-bond acceptors (Lipinski definition) is 7. The first kappa shape index (κ1) is 57.2. The summed E-state index contributed by atoms with van der Waals surface area (Å²) < 4.78 is 0. The molecule has 20 heavy (non-hydrogen) atoms. The van der Waals surface area contributed by atoms with Gasteiger partial charge in [0.05, 0.1) is 0 Å². The third-order valence-corrected chi connectivity index (χ3v) is 1.37. The Hall–Kier alpha value is 2.26. The molecule has 0 atom stereocenters. The maximum atomic E-state index is 5.32. The van der Waals surface area contributed by atoms with E-state index in [0.717, 1.165) is 39.0 Å². The Morgan fingerprint density at radius 1 is 0.650 bits per heavy atom. The van der Waals surface area contributed by atoms with E-state index in [2.05, 4.69) is 24.2 Å². The summed E-state index contributed by atoms with van der Waals surface area (Å²) in [5.41, 5.74) is 10.6. The standard InChI is InChI=1S/C7H19N3.4ClH.4H3N.2Pt/c8-4-1-2-6-10-7-3-5-9;;;;;;;;;;/h10H,1-9H2;4*1H;4*1H3;;/q;;;;;;;;;2*+2/p-4. The zero-order valence-electron chi connectivity index (χ0n) is 11.6. The molecular weight excluding hydrogens is 714 g/mol. The Kier molecular flexibility index (Phi) is 237. The van der Waals surface area contributed by atoms with Gasteiger partial charge in [-0.3, -0.25) is 0 Å². The van der Waals surface area contributed by atoms with E-state index in [1.165, 1.54) is 6.42 Å². The SMILES string of the molecule is N.N.N.N.NCCCCNCCCN.[Cl-].[Cl-].[Cl][Pt+].[Cl][Pt+]. The molecular formula is C7H31Cl4N7Pt2. The second-order valence-electron chi connectivity index (χ2n) is 2.39. The van der Waals surface area contributed by atoms with E-state index in [9.17, 15) is 0 Å². The van der Waals surface area contributed by atoms with Crippen LogP contribution in [-0.4, -0.2) is 26.2 Å². The summed E-state index contributed by atoms with van der Waals surface area (Å²) in [7, 11) is 9.22. The minimum atomic E-state index is 0. The number of halogens is 4. The monoisotopic (exact) mass is 743 g/mol. The summed E-state index contributed by atoms with van der Waals surface area (Å²) in [6.07, 6.45) is 3.37. The van der Waals surface area contributed by atoms with E-state index in [4.69, 9.17) is 11.5 Å². The van der Waals surface area contributed by atoms with Crippen LogP contribution < -0.4 is 66.2 Å². The van der Waals surface area contributed by atoms with Gasteiger partial charge in [-0.05, 0) is 45.4 Å². The summed E-state index contributed by atoms with van der Waals surface area (Å²) >= 11 is 3.22. The van der Waals surface area contributed by atoms with E-state index in [1.54, 1.807) is 37.5 Å². The zero-order valence-corrected chi connectivity index (χ0v) is 19.1. The molecule has 0 aromatic heterocycles. The molecule has 142 valence electrons.